The maximum absolute atomic E-state index is 12.2. The average molecular weight is 369 g/mol. The monoisotopic (exact) mass is 369 g/mol. The van der Waals surface area contributed by atoms with Gasteiger partial charge in [0.1, 0.15) is 5.60 Å². The number of hydrogen-bond acceptors (Lipinski definition) is 5. The Morgan fingerprint density at radius 2 is 1.84 bits per heavy atom. The SMILES string of the molecule is Cc1ccc(S(=O)(=O)OC[C@H]2CC[C@@H](NC(=O)OC(C)(C)C)C2)cc1. The van der Waals surface area contributed by atoms with Crippen LogP contribution in [0.1, 0.15) is 45.6 Å². The van der Waals surface area contributed by atoms with Gasteiger partial charge in [0.05, 0.1) is 11.5 Å². The molecule has 25 heavy (non-hydrogen) atoms. The molecule has 7 heteroatoms. The van der Waals surface area contributed by atoms with Gasteiger partial charge in [-0.15, -0.1) is 0 Å². The van der Waals surface area contributed by atoms with Gasteiger partial charge in [-0.2, -0.15) is 8.42 Å². The number of ether oxygens (including phenoxy) is 1. The van der Waals surface area contributed by atoms with Gasteiger partial charge in [0.25, 0.3) is 10.1 Å². The van der Waals surface area contributed by atoms with Crippen LogP contribution in [0, 0.1) is 12.8 Å². The van der Waals surface area contributed by atoms with Crippen LogP contribution in [0.25, 0.3) is 0 Å². The third-order valence-corrected chi connectivity index (χ3v) is 5.33. The molecular weight excluding hydrogens is 342 g/mol. The molecular formula is C18H27NO5S. The van der Waals surface area contributed by atoms with E-state index in [0.717, 1.165) is 18.4 Å². The van der Waals surface area contributed by atoms with Gasteiger partial charge in [0.15, 0.2) is 0 Å². The molecule has 0 spiro atoms. The Labute approximate surface area is 150 Å². The van der Waals surface area contributed by atoms with Crippen LogP contribution in [0.15, 0.2) is 29.2 Å². The first-order valence-electron chi connectivity index (χ1n) is 8.51. The van der Waals surface area contributed by atoms with Gasteiger partial charge in [0, 0.05) is 6.04 Å². The fourth-order valence-corrected chi connectivity index (χ4v) is 3.77. The van der Waals surface area contributed by atoms with Crippen molar-refractivity contribution in [3.63, 3.8) is 0 Å². The van der Waals surface area contributed by atoms with Crippen molar-refractivity contribution in [2.45, 2.75) is 63.5 Å². The smallest absolute Gasteiger partial charge is 0.407 e. The summed E-state index contributed by atoms with van der Waals surface area (Å²) in [5.41, 5.74) is 0.457. The van der Waals surface area contributed by atoms with Gasteiger partial charge in [0.2, 0.25) is 0 Å². The lowest BCUT2D eigenvalue weighted by molar-refractivity contribution is 0.0503. The fraction of sp³-hybridized carbons (Fsp3) is 0.611. The van der Waals surface area contributed by atoms with E-state index in [9.17, 15) is 13.2 Å². The van der Waals surface area contributed by atoms with Crippen molar-refractivity contribution in [3.05, 3.63) is 29.8 Å². The van der Waals surface area contributed by atoms with E-state index in [1.807, 2.05) is 27.7 Å². The number of nitrogens with one attached hydrogen (secondary N) is 1. The standard InChI is InChI=1S/C18H27NO5S/c1-13-5-9-16(10-6-13)25(21,22)23-12-14-7-8-15(11-14)19-17(20)24-18(2,3)4/h5-6,9-10,14-15H,7-8,11-12H2,1-4H3,(H,19,20)/t14-,15+/m0/s1. The summed E-state index contributed by atoms with van der Waals surface area (Å²) in [4.78, 5) is 12.0. The topological polar surface area (TPSA) is 81.7 Å². The maximum atomic E-state index is 12.2. The number of alkyl carbamates (subject to hydrolysis) is 1. The van der Waals surface area contributed by atoms with E-state index in [4.69, 9.17) is 8.92 Å². The number of carbonyl (C=O) groups is 1. The summed E-state index contributed by atoms with van der Waals surface area (Å²) >= 11 is 0. The first kappa shape index (κ1) is 19.7. The van der Waals surface area contributed by atoms with Crippen molar-refractivity contribution in [2.24, 2.45) is 5.92 Å². The summed E-state index contributed by atoms with van der Waals surface area (Å²) in [6.45, 7) is 7.46. The molecule has 1 aliphatic rings. The van der Waals surface area contributed by atoms with Gasteiger partial charge >= 0.3 is 6.09 Å². The minimum atomic E-state index is -3.74. The number of amides is 1. The minimum absolute atomic E-state index is 0.00877. The van der Waals surface area contributed by atoms with Crippen molar-refractivity contribution in [3.8, 4) is 0 Å². The van der Waals surface area contributed by atoms with E-state index in [1.54, 1.807) is 24.3 Å². The van der Waals surface area contributed by atoms with Gasteiger partial charge in [-0.25, -0.2) is 4.79 Å². The summed E-state index contributed by atoms with van der Waals surface area (Å²) < 4.78 is 34.8. The number of rotatable bonds is 5. The Morgan fingerprint density at radius 1 is 1.20 bits per heavy atom. The molecule has 0 bridgehead atoms. The molecule has 2 atom stereocenters. The lowest BCUT2D eigenvalue weighted by Gasteiger charge is -2.21. The summed E-state index contributed by atoms with van der Waals surface area (Å²) in [7, 11) is -3.74. The van der Waals surface area contributed by atoms with Crippen molar-refractivity contribution in [1.82, 2.24) is 5.32 Å². The molecule has 0 saturated heterocycles. The first-order valence-corrected chi connectivity index (χ1v) is 9.91. The number of aryl methyl sites for hydroxylation is 1. The molecule has 0 heterocycles. The quantitative estimate of drug-likeness (QED) is 0.805. The third kappa shape index (κ3) is 6.32. The van der Waals surface area contributed by atoms with Crippen LogP contribution in [0.2, 0.25) is 0 Å². The highest BCUT2D eigenvalue weighted by molar-refractivity contribution is 7.86. The Morgan fingerprint density at radius 3 is 2.44 bits per heavy atom. The molecule has 0 aromatic heterocycles. The van der Waals surface area contributed by atoms with Gasteiger partial charge in [-0.1, -0.05) is 17.7 Å². The maximum Gasteiger partial charge on any atom is 0.407 e. The van der Waals surface area contributed by atoms with E-state index in [0.29, 0.717) is 6.42 Å². The summed E-state index contributed by atoms with van der Waals surface area (Å²) in [6, 6.07) is 6.57. The lowest BCUT2D eigenvalue weighted by atomic mass is 10.1. The molecule has 0 radical (unpaired) electrons. The molecule has 0 aliphatic heterocycles. The Kier molecular flexibility index (Phi) is 6.11. The predicted molar refractivity (Wildman–Crippen MR) is 94.8 cm³/mol. The van der Waals surface area contributed by atoms with E-state index in [-0.39, 0.29) is 23.5 Å². The zero-order chi connectivity index (χ0) is 18.7. The normalized spacial score (nSPS) is 21.1. The van der Waals surface area contributed by atoms with Gasteiger partial charge in [-0.05, 0) is 65.0 Å². The van der Waals surface area contributed by atoms with Crippen molar-refractivity contribution in [1.29, 1.82) is 0 Å². The number of carbonyl (C=O) groups excluding carboxylic acids is 1. The molecule has 1 aromatic rings. The van der Waals surface area contributed by atoms with E-state index >= 15 is 0 Å². The molecule has 140 valence electrons. The highest BCUT2D eigenvalue weighted by atomic mass is 32.2. The van der Waals surface area contributed by atoms with Gasteiger partial charge < -0.3 is 10.1 Å². The van der Waals surface area contributed by atoms with Crippen LogP contribution < -0.4 is 5.32 Å². The Bertz CT molecular complexity index is 691. The molecule has 6 nitrogen and oxygen atoms in total. The third-order valence-electron chi connectivity index (χ3n) is 4.03. The second kappa shape index (κ2) is 7.74. The molecule has 1 aromatic carbocycles. The molecule has 0 unspecified atom stereocenters. The predicted octanol–water partition coefficient (Wildman–Crippen LogP) is 3.39. The molecule has 1 saturated carbocycles. The second-order valence-electron chi connectivity index (χ2n) is 7.57. The second-order valence-corrected chi connectivity index (χ2v) is 9.19. The van der Waals surface area contributed by atoms with Crippen LogP contribution in [0.3, 0.4) is 0 Å². The Hall–Kier alpha value is -1.60. The summed E-state index contributed by atoms with van der Waals surface area (Å²) in [6.07, 6.45) is 1.84. The zero-order valence-electron chi connectivity index (χ0n) is 15.2. The summed E-state index contributed by atoms with van der Waals surface area (Å²) in [5, 5.41) is 2.83. The van der Waals surface area contributed by atoms with Crippen molar-refractivity contribution < 1.29 is 22.1 Å². The molecule has 1 fully saturated rings. The van der Waals surface area contributed by atoms with Crippen LogP contribution in [0.5, 0.6) is 0 Å². The highest BCUT2D eigenvalue weighted by Gasteiger charge is 2.29. The number of benzene rings is 1. The molecule has 1 aliphatic carbocycles. The molecule has 1 N–H and O–H groups in total. The highest BCUT2D eigenvalue weighted by Crippen LogP contribution is 2.27. The van der Waals surface area contributed by atoms with Crippen molar-refractivity contribution in [2.75, 3.05) is 6.61 Å². The minimum Gasteiger partial charge on any atom is -0.444 e. The molecule has 1 amide bonds. The van der Waals surface area contributed by atoms with E-state index < -0.39 is 21.8 Å². The van der Waals surface area contributed by atoms with E-state index in [2.05, 4.69) is 5.32 Å². The lowest BCUT2D eigenvalue weighted by Crippen LogP contribution is -2.38. The van der Waals surface area contributed by atoms with Gasteiger partial charge in [-0.3, -0.25) is 4.18 Å². The van der Waals surface area contributed by atoms with Crippen LogP contribution in [0.4, 0.5) is 4.79 Å². The number of hydrogen-bond donors (Lipinski definition) is 1. The first-order chi connectivity index (χ1) is 11.5. The fourth-order valence-electron chi connectivity index (χ4n) is 2.79. The van der Waals surface area contributed by atoms with Crippen LogP contribution >= 0.6 is 0 Å². The van der Waals surface area contributed by atoms with Crippen LogP contribution in [-0.4, -0.2) is 32.8 Å². The van der Waals surface area contributed by atoms with E-state index in [1.165, 1.54) is 0 Å². The van der Waals surface area contributed by atoms with Crippen LogP contribution in [-0.2, 0) is 19.0 Å². The zero-order valence-corrected chi connectivity index (χ0v) is 16.1. The average Bonchev–Trinajstić information content (AvgIpc) is 2.91. The summed E-state index contributed by atoms with van der Waals surface area (Å²) in [5.74, 6) is 0.0974. The Balaban J connectivity index is 1.81. The molecule has 2 rings (SSSR count). The van der Waals surface area contributed by atoms with Crippen molar-refractivity contribution >= 4 is 16.2 Å². The largest absolute Gasteiger partial charge is 0.444 e.